The van der Waals surface area contributed by atoms with Gasteiger partial charge in [0.05, 0.1) is 19.4 Å². The van der Waals surface area contributed by atoms with Crippen molar-refractivity contribution >= 4 is 29.6 Å². The van der Waals surface area contributed by atoms with Crippen molar-refractivity contribution in [3.8, 4) is 0 Å². The van der Waals surface area contributed by atoms with E-state index in [1.54, 1.807) is 6.08 Å². The molecule has 2 aliphatic rings. The van der Waals surface area contributed by atoms with Crippen LogP contribution in [0.4, 0.5) is 0 Å². The van der Waals surface area contributed by atoms with Crippen molar-refractivity contribution < 1.29 is 4.74 Å². The number of benzene rings is 1. The topological polar surface area (TPSA) is 48.9 Å². The zero-order valence-corrected chi connectivity index (χ0v) is 16.3. The minimum absolute atomic E-state index is 0.498. The molecule has 0 unspecified atom stereocenters. The number of nitrogens with zero attached hydrogens (tertiary/aromatic N) is 2. The molecule has 0 bridgehead atoms. The second-order valence-electron chi connectivity index (χ2n) is 6.42. The maximum Gasteiger partial charge on any atom is 0.187 e. The molecule has 27 heavy (non-hydrogen) atoms. The second kappa shape index (κ2) is 10.0. The van der Waals surface area contributed by atoms with Gasteiger partial charge in [0.15, 0.2) is 5.11 Å². The molecule has 0 atom stereocenters. The summed E-state index contributed by atoms with van der Waals surface area (Å²) in [6, 6.07) is 10.5. The van der Waals surface area contributed by atoms with Gasteiger partial charge < -0.3 is 15.0 Å². The number of hydrogen-bond acceptors (Lipinski definition) is 4. The van der Waals surface area contributed by atoms with Gasteiger partial charge in [0.2, 0.25) is 0 Å². The zero-order chi connectivity index (χ0) is 18.9. The summed E-state index contributed by atoms with van der Waals surface area (Å²) in [7, 11) is 0. The number of ether oxygens (including phenoxy) is 1. The van der Waals surface area contributed by atoms with Crippen LogP contribution in [0.5, 0.6) is 0 Å². The summed E-state index contributed by atoms with van der Waals surface area (Å²) in [4.78, 5) is 2.42. The Balaban J connectivity index is 1.80. The molecule has 1 fully saturated rings. The minimum Gasteiger partial charge on any atom is -0.378 e. The lowest BCUT2D eigenvalue weighted by atomic mass is 10.1. The molecule has 1 saturated heterocycles. The van der Waals surface area contributed by atoms with Crippen LogP contribution >= 0.6 is 12.2 Å². The Hall–Kier alpha value is -2.44. The van der Waals surface area contributed by atoms with Gasteiger partial charge in [-0.1, -0.05) is 36.4 Å². The third-order valence-electron chi connectivity index (χ3n) is 4.53. The molecule has 0 spiro atoms. The third-order valence-corrected chi connectivity index (χ3v) is 4.77. The summed E-state index contributed by atoms with van der Waals surface area (Å²) in [6.45, 7) is 7.63. The van der Waals surface area contributed by atoms with E-state index in [9.17, 15) is 0 Å². The summed E-state index contributed by atoms with van der Waals surface area (Å²) in [5.41, 5.74) is 7.99. The maximum absolute atomic E-state index is 5.54. The molecule has 1 aromatic rings. The van der Waals surface area contributed by atoms with E-state index >= 15 is 0 Å². The first-order valence-electron chi connectivity index (χ1n) is 9.27. The summed E-state index contributed by atoms with van der Waals surface area (Å²) in [5.74, 6) is 0. The molecule has 3 rings (SSSR count). The number of hydrogen-bond donors (Lipinski definition) is 2. The lowest BCUT2D eigenvalue weighted by Gasteiger charge is -2.31. The van der Waals surface area contributed by atoms with E-state index in [-0.39, 0.29) is 0 Å². The average Bonchev–Trinajstić information content (AvgIpc) is 3.10. The molecule has 1 aliphatic heterocycles. The van der Waals surface area contributed by atoms with Crippen molar-refractivity contribution in [2.75, 3.05) is 32.8 Å². The van der Waals surface area contributed by atoms with E-state index in [1.807, 2.05) is 12.3 Å². The Labute approximate surface area is 166 Å². The van der Waals surface area contributed by atoms with Crippen LogP contribution in [0.25, 0.3) is 6.08 Å². The predicted octanol–water partition coefficient (Wildman–Crippen LogP) is 3.09. The SMILES string of the molecule is C=CCNC(=S)N/N=C\C1=C(N2CCOCC2)C(=C\c2ccccc2)/CC1. The van der Waals surface area contributed by atoms with Gasteiger partial charge in [0, 0.05) is 25.3 Å². The number of morpholine rings is 1. The van der Waals surface area contributed by atoms with Crippen LogP contribution in [0.2, 0.25) is 0 Å². The summed E-state index contributed by atoms with van der Waals surface area (Å²) < 4.78 is 5.54. The first-order valence-corrected chi connectivity index (χ1v) is 9.68. The molecule has 142 valence electrons. The zero-order valence-electron chi connectivity index (χ0n) is 15.5. The first kappa shape index (κ1) is 19.3. The molecule has 1 aliphatic carbocycles. The van der Waals surface area contributed by atoms with Gasteiger partial charge in [-0.15, -0.1) is 6.58 Å². The van der Waals surface area contributed by atoms with Gasteiger partial charge in [-0.05, 0) is 47.8 Å². The van der Waals surface area contributed by atoms with E-state index in [0.29, 0.717) is 11.7 Å². The molecule has 6 heteroatoms. The van der Waals surface area contributed by atoms with Gasteiger partial charge in [0.25, 0.3) is 0 Å². The van der Waals surface area contributed by atoms with Gasteiger partial charge in [-0.25, -0.2) is 0 Å². The Morgan fingerprint density at radius 1 is 1.22 bits per heavy atom. The molecule has 0 aromatic heterocycles. The minimum atomic E-state index is 0.498. The standard InChI is InChI=1S/C21H26N4OS/c1-2-10-22-21(27)24-23-16-19-9-8-18(15-17-6-4-3-5-7-17)20(19)25-11-13-26-14-12-25/h2-7,15-16H,1,8-14H2,(H2,22,24,27)/b18-15-,23-16-. The molecule has 1 aromatic carbocycles. The number of thiocarbonyl (C=S) groups is 1. The maximum atomic E-state index is 5.54. The fourth-order valence-corrected chi connectivity index (χ4v) is 3.43. The number of allylic oxidation sites excluding steroid dienone is 2. The summed E-state index contributed by atoms with van der Waals surface area (Å²) in [5, 5.41) is 7.84. The Morgan fingerprint density at radius 3 is 2.74 bits per heavy atom. The van der Waals surface area contributed by atoms with Crippen molar-refractivity contribution in [2.24, 2.45) is 5.10 Å². The molecule has 2 N–H and O–H groups in total. The monoisotopic (exact) mass is 382 g/mol. The lowest BCUT2D eigenvalue weighted by Crippen LogP contribution is -2.36. The van der Waals surface area contributed by atoms with Gasteiger partial charge in [0.1, 0.15) is 0 Å². The van der Waals surface area contributed by atoms with Crippen LogP contribution in [0.1, 0.15) is 18.4 Å². The van der Waals surface area contributed by atoms with Crippen LogP contribution in [0, 0.1) is 0 Å². The highest BCUT2D eigenvalue weighted by atomic mass is 32.1. The highest BCUT2D eigenvalue weighted by molar-refractivity contribution is 7.80. The van der Waals surface area contributed by atoms with Crippen LogP contribution < -0.4 is 10.7 Å². The van der Waals surface area contributed by atoms with Crippen molar-refractivity contribution in [1.29, 1.82) is 0 Å². The molecule has 0 saturated carbocycles. The molecule has 0 radical (unpaired) electrons. The quantitative estimate of drug-likeness (QED) is 0.343. The Bertz CT molecular complexity index is 749. The Morgan fingerprint density at radius 2 is 2.00 bits per heavy atom. The van der Waals surface area contributed by atoms with Gasteiger partial charge in [-0.3, -0.25) is 5.43 Å². The van der Waals surface area contributed by atoms with Crippen LogP contribution in [-0.4, -0.2) is 49.1 Å². The number of rotatable bonds is 6. The molecular weight excluding hydrogens is 356 g/mol. The molecular formula is C21H26N4OS. The van der Waals surface area contributed by atoms with Crippen LogP contribution in [0.15, 0.2) is 64.9 Å². The fourth-order valence-electron chi connectivity index (χ4n) is 3.30. The van der Waals surface area contributed by atoms with E-state index in [2.05, 4.69) is 57.7 Å². The summed E-state index contributed by atoms with van der Waals surface area (Å²) in [6.07, 6.45) is 7.94. The predicted molar refractivity (Wildman–Crippen MR) is 115 cm³/mol. The molecule has 0 amide bonds. The lowest BCUT2D eigenvalue weighted by molar-refractivity contribution is 0.0548. The first-order chi connectivity index (χ1) is 13.3. The van der Waals surface area contributed by atoms with Crippen molar-refractivity contribution in [3.05, 3.63) is 65.4 Å². The molecule has 5 nitrogen and oxygen atoms in total. The summed E-state index contributed by atoms with van der Waals surface area (Å²) >= 11 is 5.19. The smallest absolute Gasteiger partial charge is 0.187 e. The van der Waals surface area contributed by atoms with Gasteiger partial charge in [-0.2, -0.15) is 5.10 Å². The molecule has 1 heterocycles. The second-order valence-corrected chi connectivity index (χ2v) is 6.83. The number of nitrogens with one attached hydrogen (secondary N) is 2. The van der Waals surface area contributed by atoms with Gasteiger partial charge >= 0.3 is 0 Å². The van der Waals surface area contributed by atoms with Crippen molar-refractivity contribution in [1.82, 2.24) is 15.6 Å². The van der Waals surface area contributed by atoms with Crippen LogP contribution in [-0.2, 0) is 4.74 Å². The highest BCUT2D eigenvalue weighted by Gasteiger charge is 2.25. The van der Waals surface area contributed by atoms with E-state index in [1.165, 1.54) is 22.4 Å². The highest BCUT2D eigenvalue weighted by Crippen LogP contribution is 2.34. The third kappa shape index (κ3) is 5.52. The van der Waals surface area contributed by atoms with Crippen molar-refractivity contribution in [2.45, 2.75) is 12.8 Å². The van der Waals surface area contributed by atoms with E-state index in [4.69, 9.17) is 17.0 Å². The Kier molecular flexibility index (Phi) is 7.19. The van der Waals surface area contributed by atoms with E-state index < -0.39 is 0 Å². The van der Waals surface area contributed by atoms with E-state index in [0.717, 1.165) is 39.1 Å². The van der Waals surface area contributed by atoms with Crippen molar-refractivity contribution in [3.63, 3.8) is 0 Å². The fraction of sp³-hybridized carbons (Fsp3) is 0.333. The largest absolute Gasteiger partial charge is 0.378 e. The van der Waals surface area contributed by atoms with Crippen LogP contribution in [0.3, 0.4) is 0 Å². The normalized spacial score (nSPS) is 19.0. The number of hydrazone groups is 1. The average molecular weight is 383 g/mol.